The van der Waals surface area contributed by atoms with Crippen LogP contribution in [0.3, 0.4) is 0 Å². The van der Waals surface area contributed by atoms with Gasteiger partial charge in [-0.1, -0.05) is 23.4 Å². The largest absolute Gasteiger partial charge is 0.364 e. The second-order valence-electron chi connectivity index (χ2n) is 7.38. The zero-order chi connectivity index (χ0) is 18.6. The molecule has 5 rings (SSSR count). The summed E-state index contributed by atoms with van der Waals surface area (Å²) in [6.07, 6.45) is 7.68. The van der Waals surface area contributed by atoms with Gasteiger partial charge in [-0.15, -0.1) is 0 Å². The van der Waals surface area contributed by atoms with Crippen LogP contribution in [-0.4, -0.2) is 30.5 Å². The first kappa shape index (κ1) is 15.9. The lowest BCUT2D eigenvalue weighted by molar-refractivity contribution is -0.121. The molecule has 27 heavy (non-hydrogen) atoms. The molecule has 0 atom stereocenters. The maximum Gasteiger partial charge on any atom is 0.182 e. The SMILES string of the molecule is CC1(C)C(=O)Cc2cc(Cc3nc4c(-c5cnoc5)nccn4n3)ccc21. The van der Waals surface area contributed by atoms with Crippen LogP contribution in [0.15, 0.2) is 47.6 Å². The number of hydrogen-bond acceptors (Lipinski definition) is 6. The zero-order valence-corrected chi connectivity index (χ0v) is 15.0. The summed E-state index contributed by atoms with van der Waals surface area (Å²) in [4.78, 5) is 21.3. The van der Waals surface area contributed by atoms with Crippen molar-refractivity contribution in [2.75, 3.05) is 0 Å². The number of ketones is 1. The van der Waals surface area contributed by atoms with Crippen LogP contribution in [0, 0.1) is 0 Å². The minimum Gasteiger partial charge on any atom is -0.364 e. The quantitative estimate of drug-likeness (QED) is 0.559. The lowest BCUT2D eigenvalue weighted by Gasteiger charge is -2.17. The highest BCUT2D eigenvalue weighted by atomic mass is 16.5. The zero-order valence-electron chi connectivity index (χ0n) is 15.0. The fourth-order valence-corrected chi connectivity index (χ4v) is 3.70. The Hall–Kier alpha value is -3.35. The van der Waals surface area contributed by atoms with Crippen molar-refractivity contribution in [2.45, 2.75) is 32.1 Å². The Kier molecular flexibility index (Phi) is 3.28. The number of benzene rings is 1. The van der Waals surface area contributed by atoms with E-state index in [1.165, 1.54) is 6.26 Å². The van der Waals surface area contributed by atoms with E-state index in [4.69, 9.17) is 4.52 Å². The van der Waals surface area contributed by atoms with Crippen LogP contribution in [0.5, 0.6) is 0 Å². The molecule has 0 saturated carbocycles. The van der Waals surface area contributed by atoms with Crippen LogP contribution >= 0.6 is 0 Å². The van der Waals surface area contributed by atoms with Crippen molar-refractivity contribution < 1.29 is 9.32 Å². The Morgan fingerprint density at radius 3 is 3.00 bits per heavy atom. The van der Waals surface area contributed by atoms with Gasteiger partial charge in [-0.3, -0.25) is 9.78 Å². The van der Waals surface area contributed by atoms with E-state index in [-0.39, 0.29) is 5.78 Å². The fraction of sp³-hybridized carbons (Fsp3) is 0.250. The number of carbonyl (C=O) groups is 1. The maximum absolute atomic E-state index is 12.2. The molecule has 0 radical (unpaired) electrons. The molecule has 7 heteroatoms. The van der Waals surface area contributed by atoms with Crippen molar-refractivity contribution >= 4 is 11.4 Å². The minimum atomic E-state index is -0.394. The number of fused-ring (bicyclic) bond motifs is 2. The average Bonchev–Trinajstić information content (AvgIpc) is 3.34. The Morgan fingerprint density at radius 1 is 1.30 bits per heavy atom. The highest BCUT2D eigenvalue weighted by Gasteiger charge is 2.37. The molecule has 1 aromatic carbocycles. The summed E-state index contributed by atoms with van der Waals surface area (Å²) in [6.45, 7) is 3.98. The molecule has 3 heterocycles. The molecule has 0 aliphatic heterocycles. The standard InChI is InChI=1S/C20H17N5O2/c1-20(2)15-4-3-12(7-13(15)9-16(20)26)8-17-23-19-18(14-10-22-27-11-14)21-5-6-25(19)24-17/h3-7,10-11H,8-9H2,1-2H3. The van der Waals surface area contributed by atoms with Crippen molar-refractivity contribution in [3.8, 4) is 11.3 Å². The molecule has 0 saturated heterocycles. The summed E-state index contributed by atoms with van der Waals surface area (Å²) in [5.74, 6) is 0.967. The first-order chi connectivity index (χ1) is 13.0. The average molecular weight is 359 g/mol. The lowest BCUT2D eigenvalue weighted by Crippen LogP contribution is -2.23. The maximum atomic E-state index is 12.2. The summed E-state index contributed by atoms with van der Waals surface area (Å²) < 4.78 is 6.63. The van der Waals surface area contributed by atoms with Crippen LogP contribution < -0.4 is 0 Å². The van der Waals surface area contributed by atoms with E-state index in [0.29, 0.717) is 30.0 Å². The molecule has 1 aliphatic rings. The topological polar surface area (TPSA) is 86.2 Å². The number of carbonyl (C=O) groups excluding carboxylic acids is 1. The molecule has 0 amide bonds. The van der Waals surface area contributed by atoms with E-state index in [0.717, 1.165) is 22.3 Å². The summed E-state index contributed by atoms with van der Waals surface area (Å²) in [6, 6.07) is 6.23. The Labute approximate surface area is 155 Å². The van der Waals surface area contributed by atoms with Gasteiger partial charge < -0.3 is 4.52 Å². The number of nitrogens with zero attached hydrogens (tertiary/aromatic N) is 5. The normalized spacial score (nSPS) is 15.4. The van der Waals surface area contributed by atoms with Gasteiger partial charge in [-0.05, 0) is 30.5 Å². The summed E-state index contributed by atoms with van der Waals surface area (Å²) in [5.41, 5.74) is 5.03. The van der Waals surface area contributed by atoms with Gasteiger partial charge >= 0.3 is 0 Å². The van der Waals surface area contributed by atoms with Gasteiger partial charge in [0.15, 0.2) is 11.5 Å². The third-order valence-corrected chi connectivity index (χ3v) is 5.26. The van der Waals surface area contributed by atoms with Gasteiger partial charge in [-0.2, -0.15) is 5.10 Å². The molecular formula is C20H17N5O2. The van der Waals surface area contributed by atoms with Crippen LogP contribution in [-0.2, 0) is 23.1 Å². The molecule has 0 unspecified atom stereocenters. The number of hydrogen-bond donors (Lipinski definition) is 0. The molecule has 7 nitrogen and oxygen atoms in total. The Morgan fingerprint density at radius 2 is 2.19 bits per heavy atom. The van der Waals surface area contributed by atoms with Gasteiger partial charge in [-0.25, -0.2) is 9.50 Å². The van der Waals surface area contributed by atoms with E-state index in [9.17, 15) is 4.79 Å². The monoisotopic (exact) mass is 359 g/mol. The van der Waals surface area contributed by atoms with E-state index in [1.54, 1.807) is 23.1 Å². The van der Waals surface area contributed by atoms with Crippen LogP contribution in [0.2, 0.25) is 0 Å². The third-order valence-electron chi connectivity index (χ3n) is 5.26. The van der Waals surface area contributed by atoms with Crippen molar-refractivity contribution in [2.24, 2.45) is 0 Å². The van der Waals surface area contributed by atoms with Gasteiger partial charge in [0.25, 0.3) is 0 Å². The van der Waals surface area contributed by atoms with Crippen molar-refractivity contribution in [1.29, 1.82) is 0 Å². The fourth-order valence-electron chi connectivity index (χ4n) is 3.70. The summed E-state index contributed by atoms with van der Waals surface area (Å²) in [5, 5.41) is 8.29. The van der Waals surface area contributed by atoms with E-state index in [2.05, 4.69) is 38.4 Å². The summed E-state index contributed by atoms with van der Waals surface area (Å²) >= 11 is 0. The molecule has 3 aromatic heterocycles. The van der Waals surface area contributed by atoms with Crippen molar-refractivity contribution in [1.82, 2.24) is 24.7 Å². The van der Waals surface area contributed by atoms with Crippen molar-refractivity contribution in [3.63, 3.8) is 0 Å². The predicted octanol–water partition coefficient (Wildman–Crippen LogP) is 2.77. The number of aromatic nitrogens is 5. The summed E-state index contributed by atoms with van der Waals surface area (Å²) in [7, 11) is 0. The first-order valence-electron chi connectivity index (χ1n) is 8.78. The van der Waals surface area contributed by atoms with Gasteiger partial charge in [0.2, 0.25) is 0 Å². The van der Waals surface area contributed by atoms with Crippen LogP contribution in [0.1, 0.15) is 36.4 Å². The second kappa shape index (κ2) is 5.57. The Balaban J connectivity index is 1.51. The van der Waals surface area contributed by atoms with E-state index < -0.39 is 5.41 Å². The third kappa shape index (κ3) is 2.46. The number of Topliss-reactive ketones (excluding diaryl/α,β-unsaturated/α-hetero) is 1. The predicted molar refractivity (Wildman–Crippen MR) is 97.3 cm³/mol. The van der Waals surface area contributed by atoms with Gasteiger partial charge in [0.05, 0.1) is 11.8 Å². The van der Waals surface area contributed by atoms with E-state index in [1.807, 2.05) is 13.8 Å². The van der Waals surface area contributed by atoms with E-state index >= 15 is 0 Å². The van der Waals surface area contributed by atoms with Crippen LogP contribution in [0.25, 0.3) is 16.9 Å². The minimum absolute atomic E-state index is 0.268. The second-order valence-corrected chi connectivity index (χ2v) is 7.38. The molecule has 0 fully saturated rings. The molecule has 0 spiro atoms. The molecule has 4 aromatic rings. The molecule has 134 valence electrons. The lowest BCUT2D eigenvalue weighted by atomic mass is 9.85. The highest BCUT2D eigenvalue weighted by molar-refractivity contribution is 5.95. The van der Waals surface area contributed by atoms with Crippen molar-refractivity contribution in [3.05, 3.63) is 65.6 Å². The molecule has 1 aliphatic carbocycles. The highest BCUT2D eigenvalue weighted by Crippen LogP contribution is 2.36. The molecule has 0 bridgehead atoms. The molecule has 0 N–H and O–H groups in total. The smallest absolute Gasteiger partial charge is 0.182 e. The van der Waals surface area contributed by atoms with Gasteiger partial charge in [0.1, 0.15) is 17.7 Å². The van der Waals surface area contributed by atoms with Gasteiger partial charge in [0, 0.05) is 30.7 Å². The molecular weight excluding hydrogens is 342 g/mol. The first-order valence-corrected chi connectivity index (χ1v) is 8.78. The van der Waals surface area contributed by atoms with Crippen LogP contribution in [0.4, 0.5) is 0 Å². The Bertz CT molecular complexity index is 1170. The number of rotatable bonds is 3.